The van der Waals surface area contributed by atoms with Crippen LogP contribution in [0.5, 0.6) is 0 Å². The van der Waals surface area contributed by atoms with E-state index in [0.29, 0.717) is 11.6 Å². The summed E-state index contributed by atoms with van der Waals surface area (Å²) in [7, 11) is 1.76. The van der Waals surface area contributed by atoms with Gasteiger partial charge in [-0.3, -0.25) is 4.99 Å². The lowest BCUT2D eigenvalue weighted by atomic mass is 10.3. The summed E-state index contributed by atoms with van der Waals surface area (Å²) in [5, 5.41) is 9.39. The van der Waals surface area contributed by atoms with Crippen LogP contribution in [0, 0.1) is 6.92 Å². The molecule has 3 heterocycles. The first-order chi connectivity index (χ1) is 11.2. The summed E-state index contributed by atoms with van der Waals surface area (Å²) in [6.45, 7) is 3.48. The third kappa shape index (κ3) is 3.83. The lowest BCUT2D eigenvalue weighted by molar-refractivity contribution is 0.802. The molecule has 3 aromatic rings. The molecule has 23 heavy (non-hydrogen) atoms. The Kier molecular flexibility index (Phi) is 4.83. The average Bonchev–Trinajstić information content (AvgIpc) is 3.13. The summed E-state index contributed by atoms with van der Waals surface area (Å²) >= 11 is 7.74. The predicted molar refractivity (Wildman–Crippen MR) is 96.3 cm³/mol. The number of aliphatic imine (C=N–C) groups is 1. The number of hydrogen-bond donors (Lipinski definition) is 2. The molecule has 0 radical (unpaired) electrons. The van der Waals surface area contributed by atoms with Crippen molar-refractivity contribution in [3.05, 3.63) is 57.1 Å². The van der Waals surface area contributed by atoms with E-state index in [1.165, 1.54) is 10.4 Å². The Balaban J connectivity index is 1.59. The molecular formula is C16H18ClN5S. The van der Waals surface area contributed by atoms with Gasteiger partial charge in [0.2, 0.25) is 0 Å². The molecule has 0 aliphatic carbocycles. The molecule has 0 spiro atoms. The van der Waals surface area contributed by atoms with Gasteiger partial charge in [-0.05, 0) is 36.1 Å². The summed E-state index contributed by atoms with van der Waals surface area (Å²) in [5.74, 6) is 0.757. The highest BCUT2D eigenvalue weighted by Gasteiger charge is 2.05. The van der Waals surface area contributed by atoms with E-state index >= 15 is 0 Å². The topological polar surface area (TPSA) is 53.7 Å². The van der Waals surface area contributed by atoms with E-state index in [1.807, 2.05) is 28.9 Å². The highest BCUT2D eigenvalue weighted by Crippen LogP contribution is 2.15. The minimum atomic E-state index is 0.600. The van der Waals surface area contributed by atoms with Crippen LogP contribution in [-0.4, -0.2) is 22.4 Å². The van der Waals surface area contributed by atoms with Crippen molar-refractivity contribution in [1.29, 1.82) is 0 Å². The molecule has 120 valence electrons. The SMILES string of the molecule is CN=C(NCc1cn2cc(Cl)ccc2n1)NCc1sccc1C. The highest BCUT2D eigenvalue weighted by molar-refractivity contribution is 7.10. The summed E-state index contributed by atoms with van der Waals surface area (Å²) in [6, 6.07) is 5.86. The molecule has 0 bridgehead atoms. The molecule has 0 saturated heterocycles. The molecule has 5 nitrogen and oxygen atoms in total. The van der Waals surface area contributed by atoms with Gasteiger partial charge in [0.1, 0.15) is 5.65 Å². The van der Waals surface area contributed by atoms with Crippen LogP contribution in [0.2, 0.25) is 5.02 Å². The van der Waals surface area contributed by atoms with Crippen molar-refractivity contribution in [1.82, 2.24) is 20.0 Å². The van der Waals surface area contributed by atoms with Crippen molar-refractivity contribution in [3.8, 4) is 0 Å². The molecule has 3 aromatic heterocycles. The van der Waals surface area contributed by atoms with Gasteiger partial charge in [-0.15, -0.1) is 11.3 Å². The van der Waals surface area contributed by atoms with E-state index < -0.39 is 0 Å². The molecule has 0 aromatic carbocycles. The van der Waals surface area contributed by atoms with Crippen molar-refractivity contribution in [2.24, 2.45) is 4.99 Å². The second-order valence-corrected chi connectivity index (χ2v) is 6.59. The van der Waals surface area contributed by atoms with Crippen LogP contribution in [-0.2, 0) is 13.1 Å². The Bertz CT molecular complexity index is 836. The number of nitrogens with zero attached hydrogens (tertiary/aromatic N) is 3. The summed E-state index contributed by atoms with van der Waals surface area (Å²) in [4.78, 5) is 10.1. The third-order valence-electron chi connectivity index (χ3n) is 3.51. The number of aryl methyl sites for hydroxylation is 1. The molecule has 0 aliphatic rings. The van der Waals surface area contributed by atoms with Gasteiger partial charge in [-0.25, -0.2) is 4.98 Å². The first kappa shape index (κ1) is 15.8. The molecule has 0 unspecified atom stereocenters. The predicted octanol–water partition coefficient (Wildman–Crippen LogP) is 3.22. The number of rotatable bonds is 4. The minimum Gasteiger partial charge on any atom is -0.352 e. The quantitative estimate of drug-likeness (QED) is 0.563. The molecule has 0 saturated carbocycles. The Labute approximate surface area is 144 Å². The number of thiophene rings is 1. The zero-order valence-electron chi connectivity index (χ0n) is 13.0. The second-order valence-electron chi connectivity index (χ2n) is 5.15. The number of guanidine groups is 1. The standard InChI is InChI=1S/C16H18ClN5S/c1-11-5-6-23-14(11)8-20-16(18-2)19-7-13-10-22-9-12(17)3-4-15(22)21-13/h3-6,9-10H,7-8H2,1-2H3,(H2,18,19,20). The van der Waals surface area contributed by atoms with E-state index in [4.69, 9.17) is 11.6 Å². The van der Waals surface area contributed by atoms with Gasteiger partial charge < -0.3 is 15.0 Å². The number of pyridine rings is 1. The van der Waals surface area contributed by atoms with Gasteiger partial charge in [0, 0.05) is 24.3 Å². The Hall–Kier alpha value is -2.05. The number of halogens is 1. The minimum absolute atomic E-state index is 0.600. The van der Waals surface area contributed by atoms with Gasteiger partial charge in [0.25, 0.3) is 0 Å². The van der Waals surface area contributed by atoms with E-state index in [0.717, 1.165) is 23.8 Å². The van der Waals surface area contributed by atoms with Gasteiger partial charge in [-0.2, -0.15) is 0 Å². The Morgan fingerprint density at radius 3 is 2.83 bits per heavy atom. The van der Waals surface area contributed by atoms with Crippen LogP contribution >= 0.6 is 22.9 Å². The summed E-state index contributed by atoms with van der Waals surface area (Å²) in [6.07, 6.45) is 3.81. The van der Waals surface area contributed by atoms with Crippen LogP contribution in [0.25, 0.3) is 5.65 Å². The number of aromatic nitrogens is 2. The van der Waals surface area contributed by atoms with Crippen molar-refractivity contribution < 1.29 is 0 Å². The molecule has 7 heteroatoms. The van der Waals surface area contributed by atoms with Crippen LogP contribution in [0.1, 0.15) is 16.1 Å². The van der Waals surface area contributed by atoms with Gasteiger partial charge in [0.15, 0.2) is 5.96 Å². The smallest absolute Gasteiger partial charge is 0.191 e. The molecule has 0 aliphatic heterocycles. The van der Waals surface area contributed by atoms with E-state index in [2.05, 4.69) is 39.0 Å². The fraction of sp³-hybridized carbons (Fsp3) is 0.250. The first-order valence-corrected chi connectivity index (χ1v) is 8.52. The normalized spacial score (nSPS) is 11.9. The van der Waals surface area contributed by atoms with E-state index in [9.17, 15) is 0 Å². The van der Waals surface area contributed by atoms with Crippen molar-refractivity contribution in [2.75, 3.05) is 7.05 Å². The number of imidazole rings is 1. The maximum atomic E-state index is 5.99. The van der Waals surface area contributed by atoms with Crippen molar-refractivity contribution >= 4 is 34.5 Å². The fourth-order valence-electron chi connectivity index (χ4n) is 2.25. The van der Waals surface area contributed by atoms with Crippen LogP contribution in [0.4, 0.5) is 0 Å². The Morgan fingerprint density at radius 1 is 1.26 bits per heavy atom. The van der Waals surface area contributed by atoms with Gasteiger partial charge in [0.05, 0.1) is 23.8 Å². The third-order valence-corrected chi connectivity index (χ3v) is 4.76. The van der Waals surface area contributed by atoms with Gasteiger partial charge >= 0.3 is 0 Å². The van der Waals surface area contributed by atoms with E-state index in [-0.39, 0.29) is 0 Å². The van der Waals surface area contributed by atoms with E-state index in [1.54, 1.807) is 18.4 Å². The lowest BCUT2D eigenvalue weighted by Crippen LogP contribution is -2.36. The zero-order valence-corrected chi connectivity index (χ0v) is 14.6. The summed E-state index contributed by atoms with van der Waals surface area (Å²) < 4.78 is 1.92. The average molecular weight is 348 g/mol. The van der Waals surface area contributed by atoms with Crippen molar-refractivity contribution in [3.63, 3.8) is 0 Å². The van der Waals surface area contributed by atoms with Crippen molar-refractivity contribution in [2.45, 2.75) is 20.0 Å². The first-order valence-electron chi connectivity index (χ1n) is 7.26. The van der Waals surface area contributed by atoms with Crippen LogP contribution < -0.4 is 10.6 Å². The fourth-order valence-corrected chi connectivity index (χ4v) is 3.26. The summed E-state index contributed by atoms with van der Waals surface area (Å²) in [5.41, 5.74) is 3.11. The largest absolute Gasteiger partial charge is 0.352 e. The van der Waals surface area contributed by atoms with Gasteiger partial charge in [-0.1, -0.05) is 11.6 Å². The highest BCUT2D eigenvalue weighted by atomic mass is 35.5. The lowest BCUT2D eigenvalue weighted by Gasteiger charge is -2.10. The zero-order chi connectivity index (χ0) is 16.2. The number of hydrogen-bond acceptors (Lipinski definition) is 3. The maximum absolute atomic E-state index is 5.99. The maximum Gasteiger partial charge on any atom is 0.191 e. The molecule has 2 N–H and O–H groups in total. The molecule has 0 atom stereocenters. The molecule has 0 fully saturated rings. The molecule has 0 amide bonds. The Morgan fingerprint density at radius 2 is 2.09 bits per heavy atom. The number of nitrogens with one attached hydrogen (secondary N) is 2. The molecular weight excluding hydrogens is 330 g/mol. The monoisotopic (exact) mass is 347 g/mol. The second kappa shape index (κ2) is 7.02. The van der Waals surface area contributed by atoms with Crippen LogP contribution in [0.15, 0.2) is 41.0 Å². The van der Waals surface area contributed by atoms with Crippen LogP contribution in [0.3, 0.4) is 0 Å². The number of fused-ring (bicyclic) bond motifs is 1. The molecule has 3 rings (SSSR count).